The first-order chi connectivity index (χ1) is 9.27. The van der Waals surface area contributed by atoms with Gasteiger partial charge < -0.3 is 9.53 Å². The molecule has 0 radical (unpaired) electrons. The van der Waals surface area contributed by atoms with Crippen LogP contribution >= 0.6 is 0 Å². The van der Waals surface area contributed by atoms with Crippen molar-refractivity contribution in [3.63, 3.8) is 0 Å². The third-order valence-electron chi connectivity index (χ3n) is 3.92. The molecule has 0 amide bonds. The quantitative estimate of drug-likeness (QED) is 0.323. The van der Waals surface area contributed by atoms with Crippen molar-refractivity contribution in [2.75, 3.05) is 0 Å². The summed E-state index contributed by atoms with van der Waals surface area (Å²) in [5, 5.41) is 0. The van der Waals surface area contributed by atoms with Crippen LogP contribution in [0.5, 0.6) is 0 Å². The van der Waals surface area contributed by atoms with E-state index in [1.165, 1.54) is 44.9 Å². The molecule has 2 atom stereocenters. The lowest BCUT2D eigenvalue weighted by Gasteiger charge is -2.08. The van der Waals surface area contributed by atoms with Gasteiger partial charge in [-0.3, -0.25) is 4.79 Å². The molecule has 2 unspecified atom stereocenters. The fraction of sp³-hybridized carbons (Fsp3) is 0.875. The number of hydrogen-bond donors (Lipinski definition) is 0. The van der Waals surface area contributed by atoms with E-state index in [0.29, 0.717) is 6.42 Å². The fourth-order valence-electron chi connectivity index (χ4n) is 2.71. The highest BCUT2D eigenvalue weighted by Gasteiger charge is 2.33. The monoisotopic (exact) mass is 268 g/mol. The topological polar surface area (TPSA) is 43.4 Å². The molecular formula is C16H28O3. The average Bonchev–Trinajstić information content (AvgIpc) is 2.74. The summed E-state index contributed by atoms with van der Waals surface area (Å²) in [6.45, 7) is 2.24. The predicted molar refractivity (Wildman–Crippen MR) is 75.9 cm³/mol. The summed E-state index contributed by atoms with van der Waals surface area (Å²) in [6, 6.07) is 0. The molecule has 1 aliphatic rings. The third kappa shape index (κ3) is 6.74. The lowest BCUT2D eigenvalue weighted by atomic mass is 9.98. The normalized spacial score (nSPS) is 22.5. The smallest absolute Gasteiger partial charge is 0.309 e. The number of carbonyl (C=O) groups is 2. The summed E-state index contributed by atoms with van der Waals surface area (Å²) in [5.74, 6) is -0.340. The maximum absolute atomic E-state index is 11.4. The largest absolute Gasteiger partial charge is 0.462 e. The van der Waals surface area contributed by atoms with Gasteiger partial charge in [0.1, 0.15) is 12.4 Å². The number of cyclic esters (lactones) is 1. The second-order valence-electron chi connectivity index (χ2n) is 5.66. The Hall–Kier alpha value is -0.860. The van der Waals surface area contributed by atoms with E-state index in [9.17, 15) is 9.59 Å². The molecule has 0 aliphatic carbocycles. The van der Waals surface area contributed by atoms with Gasteiger partial charge in [-0.15, -0.1) is 0 Å². The number of aldehydes is 1. The van der Waals surface area contributed by atoms with Gasteiger partial charge in [-0.05, 0) is 19.3 Å². The van der Waals surface area contributed by atoms with Crippen LogP contribution in [0.3, 0.4) is 0 Å². The second kappa shape index (κ2) is 9.99. The van der Waals surface area contributed by atoms with Crippen LogP contribution < -0.4 is 0 Å². The Morgan fingerprint density at radius 3 is 2.37 bits per heavy atom. The molecule has 3 heteroatoms. The first kappa shape index (κ1) is 16.2. The minimum Gasteiger partial charge on any atom is -0.462 e. The van der Waals surface area contributed by atoms with Gasteiger partial charge in [0.2, 0.25) is 0 Å². The van der Waals surface area contributed by atoms with E-state index in [1.807, 2.05) is 0 Å². The van der Waals surface area contributed by atoms with Gasteiger partial charge in [-0.1, -0.05) is 51.9 Å². The zero-order chi connectivity index (χ0) is 13.9. The van der Waals surface area contributed by atoms with E-state index in [0.717, 1.165) is 25.5 Å². The Morgan fingerprint density at radius 2 is 1.74 bits per heavy atom. The molecule has 1 rings (SSSR count). The maximum atomic E-state index is 11.4. The molecule has 0 aromatic rings. The molecule has 110 valence electrons. The summed E-state index contributed by atoms with van der Waals surface area (Å²) in [4.78, 5) is 21.8. The molecule has 0 spiro atoms. The summed E-state index contributed by atoms with van der Waals surface area (Å²) in [5.41, 5.74) is 0. The van der Waals surface area contributed by atoms with Gasteiger partial charge in [-0.25, -0.2) is 0 Å². The summed E-state index contributed by atoms with van der Waals surface area (Å²) >= 11 is 0. The first-order valence-electron chi connectivity index (χ1n) is 7.92. The molecule has 0 aromatic heterocycles. The van der Waals surface area contributed by atoms with Crippen LogP contribution in [0.25, 0.3) is 0 Å². The van der Waals surface area contributed by atoms with E-state index in [-0.39, 0.29) is 18.0 Å². The molecule has 1 fully saturated rings. The van der Waals surface area contributed by atoms with Crippen molar-refractivity contribution in [3.05, 3.63) is 0 Å². The molecular weight excluding hydrogens is 240 g/mol. The Morgan fingerprint density at radius 1 is 1.11 bits per heavy atom. The van der Waals surface area contributed by atoms with Crippen LogP contribution in [0.4, 0.5) is 0 Å². The lowest BCUT2D eigenvalue weighted by molar-refractivity contribution is -0.145. The van der Waals surface area contributed by atoms with Gasteiger partial charge in [0.05, 0.1) is 5.92 Å². The zero-order valence-corrected chi connectivity index (χ0v) is 12.2. The zero-order valence-electron chi connectivity index (χ0n) is 12.2. The van der Waals surface area contributed by atoms with Gasteiger partial charge in [0, 0.05) is 6.42 Å². The Bertz CT molecular complexity index is 263. The van der Waals surface area contributed by atoms with E-state index in [4.69, 9.17) is 4.74 Å². The van der Waals surface area contributed by atoms with Crippen molar-refractivity contribution in [3.8, 4) is 0 Å². The minimum atomic E-state index is -0.170. The Labute approximate surface area is 117 Å². The van der Waals surface area contributed by atoms with Crippen LogP contribution in [0.1, 0.15) is 77.6 Å². The predicted octanol–water partition coefficient (Wildman–Crippen LogP) is 4.04. The second-order valence-corrected chi connectivity index (χ2v) is 5.66. The number of unbranched alkanes of at least 4 members (excludes halogenated alkanes) is 7. The molecule has 0 aromatic carbocycles. The van der Waals surface area contributed by atoms with Crippen LogP contribution in [0, 0.1) is 5.92 Å². The maximum Gasteiger partial charge on any atom is 0.309 e. The number of carbonyl (C=O) groups excluding carboxylic acids is 2. The highest BCUT2D eigenvalue weighted by molar-refractivity contribution is 5.77. The van der Waals surface area contributed by atoms with Gasteiger partial charge in [-0.2, -0.15) is 0 Å². The summed E-state index contributed by atoms with van der Waals surface area (Å²) in [6.07, 6.45) is 13.3. The third-order valence-corrected chi connectivity index (χ3v) is 3.92. The van der Waals surface area contributed by atoms with E-state index >= 15 is 0 Å². The molecule has 0 saturated carbocycles. The van der Waals surface area contributed by atoms with Crippen molar-refractivity contribution in [2.24, 2.45) is 5.92 Å². The molecule has 0 bridgehead atoms. The Kier molecular flexibility index (Phi) is 8.52. The van der Waals surface area contributed by atoms with Gasteiger partial charge in [0.15, 0.2) is 0 Å². The SMILES string of the molecule is CCCCCCCCCCC1CC(CC=O)C(=O)O1. The first-order valence-corrected chi connectivity index (χ1v) is 7.92. The van der Waals surface area contributed by atoms with Crippen LogP contribution in [-0.2, 0) is 14.3 Å². The molecule has 19 heavy (non-hydrogen) atoms. The fourth-order valence-corrected chi connectivity index (χ4v) is 2.71. The number of rotatable bonds is 11. The van der Waals surface area contributed by atoms with Crippen molar-refractivity contribution in [2.45, 2.75) is 83.7 Å². The van der Waals surface area contributed by atoms with Crippen LogP contribution in [0.15, 0.2) is 0 Å². The molecule has 1 aliphatic heterocycles. The Balaban J connectivity index is 1.96. The van der Waals surface area contributed by atoms with Gasteiger partial charge in [0.25, 0.3) is 0 Å². The standard InChI is InChI=1S/C16H28O3/c1-2-3-4-5-6-7-8-9-10-15-13-14(11-12-17)16(18)19-15/h12,14-15H,2-11,13H2,1H3. The van der Waals surface area contributed by atoms with E-state index in [2.05, 4.69) is 6.92 Å². The van der Waals surface area contributed by atoms with Crippen molar-refractivity contribution in [1.82, 2.24) is 0 Å². The molecule has 3 nitrogen and oxygen atoms in total. The average molecular weight is 268 g/mol. The molecule has 1 saturated heterocycles. The van der Waals surface area contributed by atoms with Crippen LogP contribution in [-0.4, -0.2) is 18.4 Å². The van der Waals surface area contributed by atoms with Crippen molar-refractivity contribution < 1.29 is 14.3 Å². The number of hydrogen-bond acceptors (Lipinski definition) is 3. The number of esters is 1. The van der Waals surface area contributed by atoms with Crippen molar-refractivity contribution in [1.29, 1.82) is 0 Å². The van der Waals surface area contributed by atoms with Crippen molar-refractivity contribution >= 4 is 12.3 Å². The van der Waals surface area contributed by atoms with Gasteiger partial charge >= 0.3 is 5.97 Å². The van der Waals surface area contributed by atoms with Crippen LogP contribution in [0.2, 0.25) is 0 Å². The highest BCUT2D eigenvalue weighted by atomic mass is 16.5. The minimum absolute atomic E-state index is 0.0672. The van der Waals surface area contributed by atoms with E-state index < -0.39 is 0 Å². The summed E-state index contributed by atoms with van der Waals surface area (Å²) in [7, 11) is 0. The molecule has 0 N–H and O–H groups in total. The number of ether oxygens (including phenoxy) is 1. The summed E-state index contributed by atoms with van der Waals surface area (Å²) < 4.78 is 5.29. The highest BCUT2D eigenvalue weighted by Crippen LogP contribution is 2.26. The molecule has 1 heterocycles. The van der Waals surface area contributed by atoms with E-state index in [1.54, 1.807) is 0 Å². The lowest BCUT2D eigenvalue weighted by Crippen LogP contribution is -2.07.